The van der Waals surface area contributed by atoms with Gasteiger partial charge in [-0.05, 0) is 20.3 Å². The van der Waals surface area contributed by atoms with Crippen LogP contribution in [0.5, 0.6) is 0 Å². The summed E-state index contributed by atoms with van der Waals surface area (Å²) in [5.41, 5.74) is 0.311. The minimum absolute atomic E-state index is 0. The molecule has 8 heteroatoms. The number of carboxylic acids is 2. The topological polar surface area (TPSA) is 113 Å². The Hall–Kier alpha value is -1.05. The number of ether oxygens (including phenoxy) is 1. The average molecular weight is 283 g/mol. The predicted octanol–water partition coefficient (Wildman–Crippen LogP) is -2.52. The van der Waals surface area contributed by atoms with Crippen molar-refractivity contribution in [1.82, 2.24) is 5.32 Å². The molecule has 0 aromatic heterocycles. The van der Waals surface area contributed by atoms with Crippen molar-refractivity contribution in [2.75, 3.05) is 6.61 Å². The quantitative estimate of drug-likeness (QED) is 0.256. The third kappa shape index (κ3) is 10.5. The van der Waals surface area contributed by atoms with Gasteiger partial charge in [0.25, 0.3) is 0 Å². The Kier molecular flexibility index (Phi) is 11.6. The predicted molar refractivity (Wildman–Crippen MR) is 62.9 cm³/mol. The van der Waals surface area contributed by atoms with Gasteiger partial charge in [-0.1, -0.05) is 0 Å². The van der Waals surface area contributed by atoms with Crippen LogP contribution in [-0.2, 0) is 19.1 Å². The van der Waals surface area contributed by atoms with Crippen LogP contribution in [-0.4, -0.2) is 40.8 Å². The first-order valence-corrected chi connectivity index (χ1v) is 5.43. The number of hydrogen-bond acceptors (Lipinski definition) is 5. The first-order chi connectivity index (χ1) is 8.36. The van der Waals surface area contributed by atoms with Crippen LogP contribution in [0.3, 0.4) is 0 Å². The SMILES string of the molecule is CCOC(=O)C=C(C)N[C@@H](CCC(=O)O)C(=O)O.[H-].[Na+]. The number of rotatable bonds is 8. The number of hydrogen-bond donors (Lipinski definition) is 3. The molecule has 0 saturated carbocycles. The average Bonchev–Trinajstić information content (AvgIpc) is 2.23. The van der Waals surface area contributed by atoms with Crippen LogP contribution in [0.25, 0.3) is 0 Å². The second-order valence-electron chi connectivity index (χ2n) is 3.55. The Morgan fingerprint density at radius 3 is 2.37 bits per heavy atom. The van der Waals surface area contributed by atoms with Crippen LogP contribution < -0.4 is 34.9 Å². The number of aliphatic carboxylic acids is 2. The molecular formula is C11H18NNaO6. The van der Waals surface area contributed by atoms with E-state index >= 15 is 0 Å². The number of carbonyl (C=O) groups is 3. The molecule has 0 rings (SSSR count). The largest absolute Gasteiger partial charge is 1.00 e. The molecule has 0 amide bonds. The zero-order valence-electron chi connectivity index (χ0n) is 12.3. The maximum absolute atomic E-state index is 11.1. The molecule has 0 aromatic carbocycles. The van der Waals surface area contributed by atoms with Crippen LogP contribution in [0.4, 0.5) is 0 Å². The molecule has 0 bridgehead atoms. The van der Waals surface area contributed by atoms with E-state index in [-0.39, 0.29) is 50.4 Å². The van der Waals surface area contributed by atoms with Gasteiger partial charge in [-0.3, -0.25) is 4.79 Å². The third-order valence-electron chi connectivity index (χ3n) is 1.97. The number of esters is 1. The molecule has 1 atom stereocenters. The Bertz CT molecular complexity index is 361. The van der Waals surface area contributed by atoms with E-state index in [0.717, 1.165) is 6.08 Å². The van der Waals surface area contributed by atoms with Gasteiger partial charge in [-0.25, -0.2) is 9.59 Å². The van der Waals surface area contributed by atoms with E-state index in [2.05, 4.69) is 10.1 Å². The van der Waals surface area contributed by atoms with Crippen LogP contribution in [0.2, 0.25) is 0 Å². The van der Waals surface area contributed by atoms with E-state index in [1.54, 1.807) is 6.92 Å². The van der Waals surface area contributed by atoms with Crippen molar-refractivity contribution in [2.24, 2.45) is 0 Å². The standard InChI is InChI=1S/C11H17NO6.Na.H/c1-3-18-10(15)6-7(2)12-8(11(16)17)4-5-9(13)14;;/h6,8,12H,3-5H2,1-2H3,(H,13,14)(H,16,17);;/q;+1;-1/t8-;;/m0../s1. The van der Waals surface area contributed by atoms with E-state index in [1.165, 1.54) is 6.92 Å². The molecule has 0 aliphatic rings. The molecule has 0 spiro atoms. The molecule has 0 fully saturated rings. The van der Waals surface area contributed by atoms with Gasteiger partial charge in [0.05, 0.1) is 6.61 Å². The van der Waals surface area contributed by atoms with Crippen molar-refractivity contribution >= 4 is 17.9 Å². The molecule has 19 heavy (non-hydrogen) atoms. The first kappa shape index (κ1) is 20.3. The summed E-state index contributed by atoms with van der Waals surface area (Å²) < 4.78 is 4.66. The minimum atomic E-state index is -1.17. The molecule has 0 aliphatic carbocycles. The second kappa shape index (κ2) is 10.8. The van der Waals surface area contributed by atoms with Crippen molar-refractivity contribution in [3.8, 4) is 0 Å². The molecule has 7 nitrogen and oxygen atoms in total. The van der Waals surface area contributed by atoms with Crippen molar-refractivity contribution in [1.29, 1.82) is 0 Å². The Morgan fingerprint density at radius 1 is 1.37 bits per heavy atom. The van der Waals surface area contributed by atoms with Crippen molar-refractivity contribution in [2.45, 2.75) is 32.7 Å². The summed E-state index contributed by atoms with van der Waals surface area (Å²) in [4.78, 5) is 32.3. The summed E-state index contributed by atoms with van der Waals surface area (Å²) in [6.45, 7) is 3.39. The van der Waals surface area contributed by atoms with Crippen molar-refractivity contribution in [3.63, 3.8) is 0 Å². The van der Waals surface area contributed by atoms with Gasteiger partial charge in [-0.2, -0.15) is 0 Å². The number of carbonyl (C=O) groups excluding carboxylic acids is 1. The molecule has 3 N–H and O–H groups in total. The number of nitrogens with one attached hydrogen (secondary N) is 1. The minimum Gasteiger partial charge on any atom is -1.00 e. The number of allylic oxidation sites excluding steroid dienone is 1. The first-order valence-electron chi connectivity index (χ1n) is 5.43. The molecule has 104 valence electrons. The maximum atomic E-state index is 11.1. The summed E-state index contributed by atoms with van der Waals surface area (Å²) in [5.74, 6) is -2.83. The van der Waals surface area contributed by atoms with E-state index in [0.29, 0.717) is 5.70 Å². The summed E-state index contributed by atoms with van der Waals surface area (Å²) >= 11 is 0. The fourth-order valence-electron chi connectivity index (χ4n) is 1.20. The van der Waals surface area contributed by atoms with Gasteiger partial charge in [0.2, 0.25) is 0 Å². The maximum Gasteiger partial charge on any atom is 1.00 e. The van der Waals surface area contributed by atoms with Gasteiger partial charge in [0.1, 0.15) is 6.04 Å². The summed E-state index contributed by atoms with van der Waals surface area (Å²) in [7, 11) is 0. The van der Waals surface area contributed by atoms with Crippen LogP contribution in [0.1, 0.15) is 28.1 Å². The molecular weight excluding hydrogens is 265 g/mol. The van der Waals surface area contributed by atoms with Gasteiger partial charge >= 0.3 is 47.5 Å². The third-order valence-corrected chi connectivity index (χ3v) is 1.97. The Morgan fingerprint density at radius 2 is 1.95 bits per heavy atom. The van der Waals surface area contributed by atoms with Gasteiger partial charge in [-0.15, -0.1) is 0 Å². The molecule has 0 saturated heterocycles. The smallest absolute Gasteiger partial charge is 1.00 e. The fraction of sp³-hybridized carbons (Fsp3) is 0.545. The van der Waals surface area contributed by atoms with Crippen molar-refractivity contribution in [3.05, 3.63) is 11.8 Å². The van der Waals surface area contributed by atoms with Gasteiger partial charge in [0, 0.05) is 18.2 Å². The monoisotopic (exact) mass is 283 g/mol. The fourth-order valence-corrected chi connectivity index (χ4v) is 1.20. The van der Waals surface area contributed by atoms with Gasteiger partial charge < -0.3 is 21.7 Å². The van der Waals surface area contributed by atoms with Crippen molar-refractivity contribution < 1.29 is 60.3 Å². The number of carboxylic acid groups (broad SMARTS) is 2. The molecule has 0 aromatic rings. The Labute approximate surface area is 134 Å². The molecule has 0 unspecified atom stereocenters. The van der Waals surface area contributed by atoms with E-state index in [4.69, 9.17) is 10.2 Å². The van der Waals surface area contributed by atoms with Gasteiger partial charge in [0.15, 0.2) is 0 Å². The van der Waals surface area contributed by atoms with E-state index in [9.17, 15) is 14.4 Å². The summed E-state index contributed by atoms with van der Waals surface area (Å²) in [5, 5.41) is 19.9. The van der Waals surface area contributed by atoms with Crippen LogP contribution >= 0.6 is 0 Å². The summed E-state index contributed by atoms with van der Waals surface area (Å²) in [6, 6.07) is -1.05. The van der Waals surface area contributed by atoms with Crippen LogP contribution in [0.15, 0.2) is 11.8 Å². The molecule has 0 radical (unpaired) electrons. The Balaban J connectivity index is -0.00000144. The second-order valence-corrected chi connectivity index (χ2v) is 3.55. The molecule has 0 heterocycles. The van der Waals surface area contributed by atoms with E-state index in [1.807, 2.05) is 0 Å². The zero-order chi connectivity index (χ0) is 14.1. The van der Waals surface area contributed by atoms with Crippen LogP contribution in [0, 0.1) is 0 Å². The van der Waals surface area contributed by atoms with E-state index < -0.39 is 23.9 Å². The zero-order valence-corrected chi connectivity index (χ0v) is 13.3. The molecule has 0 aliphatic heterocycles. The normalized spacial score (nSPS) is 12.0. The summed E-state index contributed by atoms with van der Waals surface area (Å²) in [6.07, 6.45) is 0.787.